The van der Waals surface area contributed by atoms with Crippen molar-refractivity contribution in [1.29, 1.82) is 0 Å². The summed E-state index contributed by atoms with van der Waals surface area (Å²) >= 11 is 3.28. The fraction of sp³-hybridized carbons (Fsp3) is 0.333. The van der Waals surface area contributed by atoms with Crippen LogP contribution in [0.1, 0.15) is 13.8 Å². The van der Waals surface area contributed by atoms with Crippen LogP contribution in [0.2, 0.25) is 0 Å². The highest BCUT2D eigenvalue weighted by Crippen LogP contribution is 2.17. The molecule has 0 aromatic heterocycles. The molecule has 0 saturated heterocycles. The summed E-state index contributed by atoms with van der Waals surface area (Å²) < 4.78 is 0.897. The van der Waals surface area contributed by atoms with E-state index in [0.717, 1.165) is 4.47 Å². The molecule has 0 fully saturated rings. The molecule has 1 rings (SSSR count). The Morgan fingerprint density at radius 3 is 2.18 bits per heavy atom. The van der Waals surface area contributed by atoms with Crippen LogP contribution < -0.4 is 5.32 Å². The molecule has 0 saturated carbocycles. The van der Waals surface area contributed by atoms with Gasteiger partial charge in [-0.1, -0.05) is 29.8 Å². The third-order valence-electron chi connectivity index (χ3n) is 2.33. The Hall–Kier alpha value is -1.36. The van der Waals surface area contributed by atoms with Crippen molar-refractivity contribution in [3.63, 3.8) is 0 Å². The summed E-state index contributed by atoms with van der Waals surface area (Å²) in [5.74, 6) is -2.87. The molecule has 2 N–H and O–H groups in total. The topological polar surface area (TPSA) is 66.4 Å². The number of carboxylic acid groups (broad SMARTS) is 1. The third-order valence-corrected chi connectivity index (χ3v) is 2.86. The first-order valence-electron chi connectivity index (χ1n) is 5.21. The van der Waals surface area contributed by atoms with Crippen LogP contribution in [0.4, 0.5) is 5.69 Å². The van der Waals surface area contributed by atoms with Crippen LogP contribution in [0.25, 0.3) is 0 Å². The van der Waals surface area contributed by atoms with E-state index in [1.54, 1.807) is 38.1 Å². The van der Waals surface area contributed by atoms with Crippen LogP contribution >= 0.6 is 15.9 Å². The van der Waals surface area contributed by atoms with Gasteiger partial charge in [0.25, 0.3) is 0 Å². The standard InChI is InChI=1S/C12H14BrNO3/c1-7(2)10(12(16)17)11(15)14-9-5-3-8(13)4-6-9/h3-7,10H,1-2H3,(H,14,15)(H,16,17). The molecule has 1 atom stereocenters. The molecule has 0 bridgehead atoms. The maximum Gasteiger partial charge on any atom is 0.316 e. The first-order chi connectivity index (χ1) is 7.91. The number of rotatable bonds is 4. The van der Waals surface area contributed by atoms with E-state index in [-0.39, 0.29) is 5.92 Å². The second-order valence-electron chi connectivity index (χ2n) is 4.06. The molecule has 17 heavy (non-hydrogen) atoms. The lowest BCUT2D eigenvalue weighted by molar-refractivity contribution is -0.147. The average Bonchev–Trinajstić information content (AvgIpc) is 2.20. The number of hydrogen-bond acceptors (Lipinski definition) is 2. The van der Waals surface area contributed by atoms with Crippen LogP contribution in [-0.2, 0) is 9.59 Å². The minimum Gasteiger partial charge on any atom is -0.481 e. The molecule has 1 amide bonds. The zero-order valence-electron chi connectivity index (χ0n) is 9.61. The van der Waals surface area contributed by atoms with E-state index in [2.05, 4.69) is 21.2 Å². The van der Waals surface area contributed by atoms with Crippen LogP contribution in [0.3, 0.4) is 0 Å². The van der Waals surface area contributed by atoms with E-state index in [1.165, 1.54) is 0 Å². The van der Waals surface area contributed by atoms with Gasteiger partial charge in [0.2, 0.25) is 5.91 Å². The van der Waals surface area contributed by atoms with Crippen molar-refractivity contribution < 1.29 is 14.7 Å². The molecule has 0 aliphatic heterocycles. The Bertz CT molecular complexity index is 414. The number of hydrogen-bond donors (Lipinski definition) is 2. The lowest BCUT2D eigenvalue weighted by Crippen LogP contribution is -2.33. The Labute approximate surface area is 108 Å². The minimum atomic E-state index is -1.10. The zero-order valence-corrected chi connectivity index (χ0v) is 11.2. The second kappa shape index (κ2) is 5.82. The van der Waals surface area contributed by atoms with Gasteiger partial charge in [-0.2, -0.15) is 0 Å². The van der Waals surface area contributed by atoms with Crippen LogP contribution in [-0.4, -0.2) is 17.0 Å². The van der Waals surface area contributed by atoms with Gasteiger partial charge in [-0.15, -0.1) is 0 Å². The Morgan fingerprint density at radius 1 is 1.24 bits per heavy atom. The SMILES string of the molecule is CC(C)C(C(=O)O)C(=O)Nc1ccc(Br)cc1. The molecule has 0 spiro atoms. The van der Waals surface area contributed by atoms with Crippen molar-refractivity contribution in [3.8, 4) is 0 Å². The summed E-state index contributed by atoms with van der Waals surface area (Å²) in [6, 6.07) is 6.98. The van der Waals surface area contributed by atoms with E-state index >= 15 is 0 Å². The van der Waals surface area contributed by atoms with Gasteiger partial charge in [0, 0.05) is 10.2 Å². The zero-order chi connectivity index (χ0) is 13.0. The first kappa shape index (κ1) is 13.7. The van der Waals surface area contributed by atoms with Gasteiger partial charge in [-0.3, -0.25) is 9.59 Å². The molecule has 0 aliphatic carbocycles. The number of nitrogens with one attached hydrogen (secondary N) is 1. The molecule has 92 valence electrons. The Balaban J connectivity index is 2.77. The highest BCUT2D eigenvalue weighted by atomic mass is 79.9. The Kier molecular flexibility index (Phi) is 4.69. The highest BCUT2D eigenvalue weighted by molar-refractivity contribution is 9.10. The first-order valence-corrected chi connectivity index (χ1v) is 6.00. The van der Waals surface area contributed by atoms with Gasteiger partial charge >= 0.3 is 5.97 Å². The number of halogens is 1. The predicted octanol–water partition coefficient (Wildman–Crippen LogP) is 2.74. The maximum absolute atomic E-state index is 11.8. The monoisotopic (exact) mass is 299 g/mol. The quantitative estimate of drug-likeness (QED) is 0.840. The van der Waals surface area contributed by atoms with Gasteiger partial charge in [0.1, 0.15) is 5.92 Å². The molecule has 5 heteroatoms. The van der Waals surface area contributed by atoms with Crippen molar-refractivity contribution >= 4 is 33.5 Å². The highest BCUT2D eigenvalue weighted by Gasteiger charge is 2.29. The minimum absolute atomic E-state index is 0.247. The summed E-state index contributed by atoms with van der Waals surface area (Å²) in [7, 11) is 0. The van der Waals surface area contributed by atoms with Gasteiger partial charge in [-0.05, 0) is 30.2 Å². The van der Waals surface area contributed by atoms with Crippen molar-refractivity contribution in [2.24, 2.45) is 11.8 Å². The molecular formula is C12H14BrNO3. The van der Waals surface area contributed by atoms with Crippen molar-refractivity contribution in [2.45, 2.75) is 13.8 Å². The van der Waals surface area contributed by atoms with Crippen LogP contribution in [0.15, 0.2) is 28.7 Å². The lowest BCUT2D eigenvalue weighted by atomic mass is 9.95. The maximum atomic E-state index is 11.8. The molecule has 1 unspecified atom stereocenters. The summed E-state index contributed by atoms with van der Waals surface area (Å²) in [6.45, 7) is 3.42. The van der Waals surface area contributed by atoms with E-state index in [1.807, 2.05) is 0 Å². The number of carboxylic acids is 1. The van der Waals surface area contributed by atoms with Gasteiger partial charge in [-0.25, -0.2) is 0 Å². The molecule has 0 heterocycles. The van der Waals surface area contributed by atoms with Crippen molar-refractivity contribution in [3.05, 3.63) is 28.7 Å². The molecule has 0 aliphatic rings. The van der Waals surface area contributed by atoms with Crippen LogP contribution in [0, 0.1) is 11.8 Å². The van der Waals surface area contributed by atoms with Gasteiger partial charge < -0.3 is 10.4 Å². The van der Waals surface area contributed by atoms with Crippen LogP contribution in [0.5, 0.6) is 0 Å². The van der Waals surface area contributed by atoms with E-state index in [4.69, 9.17) is 5.11 Å². The summed E-state index contributed by atoms with van der Waals surface area (Å²) in [4.78, 5) is 22.7. The average molecular weight is 300 g/mol. The number of benzene rings is 1. The number of aliphatic carboxylic acids is 1. The molecule has 4 nitrogen and oxygen atoms in total. The number of anilines is 1. The normalized spacial score (nSPS) is 12.2. The lowest BCUT2D eigenvalue weighted by Gasteiger charge is -2.15. The predicted molar refractivity (Wildman–Crippen MR) is 68.7 cm³/mol. The molecule has 1 aromatic carbocycles. The van der Waals surface area contributed by atoms with E-state index in [9.17, 15) is 9.59 Å². The second-order valence-corrected chi connectivity index (χ2v) is 4.97. The fourth-order valence-corrected chi connectivity index (χ4v) is 1.72. The third kappa shape index (κ3) is 3.85. The Morgan fingerprint density at radius 2 is 1.76 bits per heavy atom. The summed E-state index contributed by atoms with van der Waals surface area (Å²) in [5, 5.41) is 11.6. The molecule has 1 aromatic rings. The van der Waals surface area contributed by atoms with Crippen molar-refractivity contribution in [1.82, 2.24) is 0 Å². The molecular weight excluding hydrogens is 286 g/mol. The number of carbonyl (C=O) groups is 2. The number of amides is 1. The van der Waals surface area contributed by atoms with E-state index < -0.39 is 17.8 Å². The van der Waals surface area contributed by atoms with Crippen molar-refractivity contribution in [2.75, 3.05) is 5.32 Å². The largest absolute Gasteiger partial charge is 0.481 e. The molecule has 0 radical (unpaired) electrons. The fourth-order valence-electron chi connectivity index (χ4n) is 1.45. The van der Waals surface area contributed by atoms with Gasteiger partial charge in [0.15, 0.2) is 0 Å². The van der Waals surface area contributed by atoms with E-state index in [0.29, 0.717) is 5.69 Å². The number of carbonyl (C=O) groups excluding carboxylic acids is 1. The summed E-state index contributed by atoms with van der Waals surface area (Å²) in [5.41, 5.74) is 0.588. The van der Waals surface area contributed by atoms with Gasteiger partial charge in [0.05, 0.1) is 0 Å². The smallest absolute Gasteiger partial charge is 0.316 e. The summed E-state index contributed by atoms with van der Waals surface area (Å²) in [6.07, 6.45) is 0.